The lowest BCUT2D eigenvalue weighted by Gasteiger charge is -2.25. The van der Waals surface area contributed by atoms with Crippen molar-refractivity contribution >= 4 is 18.0 Å². The minimum Gasteiger partial charge on any atom is -0.480 e. The zero-order valence-electron chi connectivity index (χ0n) is 10.8. The molecule has 0 aliphatic heterocycles. The van der Waals surface area contributed by atoms with Crippen LogP contribution >= 0.6 is 0 Å². The third-order valence-electron chi connectivity index (χ3n) is 2.49. The van der Waals surface area contributed by atoms with Gasteiger partial charge in [-0.15, -0.1) is 0 Å². The second kappa shape index (κ2) is 7.52. The molecule has 7 nitrogen and oxygen atoms in total. The summed E-state index contributed by atoms with van der Waals surface area (Å²) in [4.78, 5) is 33.7. The van der Waals surface area contributed by atoms with E-state index in [0.717, 1.165) is 4.90 Å². The Morgan fingerprint density at radius 3 is 1.83 bits per heavy atom. The first-order chi connectivity index (χ1) is 8.27. The zero-order chi connectivity index (χ0) is 14.3. The molecule has 0 aliphatic rings. The van der Waals surface area contributed by atoms with E-state index in [0.29, 0.717) is 6.42 Å². The molecule has 0 fully saturated rings. The summed E-state index contributed by atoms with van der Waals surface area (Å²) in [6, 6.07) is -0.775. The molecule has 0 spiro atoms. The van der Waals surface area contributed by atoms with Crippen LogP contribution in [0.5, 0.6) is 0 Å². The molecule has 0 aliphatic carbocycles. The summed E-state index contributed by atoms with van der Waals surface area (Å²) in [5, 5.41) is 19.9. The van der Waals surface area contributed by atoms with Crippen molar-refractivity contribution in [1.82, 2.24) is 10.2 Å². The average Bonchev–Trinajstić information content (AvgIpc) is 2.22. The quantitative estimate of drug-likeness (QED) is 0.621. The topological polar surface area (TPSA) is 107 Å². The second-order valence-electron chi connectivity index (χ2n) is 4.35. The summed E-state index contributed by atoms with van der Waals surface area (Å²) in [5.74, 6) is -2.30. The molecular formula is C11H20N2O5. The normalized spacial score (nSPS) is 12.0. The fourth-order valence-corrected chi connectivity index (χ4v) is 1.52. The number of aliphatic carboxylic acids is 2. The summed E-state index contributed by atoms with van der Waals surface area (Å²) in [7, 11) is 0. The first kappa shape index (κ1) is 16.2. The first-order valence-electron chi connectivity index (χ1n) is 5.76. The van der Waals surface area contributed by atoms with Crippen LogP contribution in [0.1, 0.15) is 27.2 Å². The zero-order valence-corrected chi connectivity index (χ0v) is 10.8. The van der Waals surface area contributed by atoms with Crippen molar-refractivity contribution in [3.8, 4) is 0 Å². The summed E-state index contributed by atoms with van der Waals surface area (Å²) < 4.78 is 0. The number of rotatable bonds is 7. The molecule has 0 saturated heterocycles. The van der Waals surface area contributed by atoms with Crippen LogP contribution in [0, 0.1) is 5.92 Å². The minimum absolute atomic E-state index is 0.109. The molecule has 0 aromatic heterocycles. The van der Waals surface area contributed by atoms with Gasteiger partial charge in [0.2, 0.25) is 0 Å². The van der Waals surface area contributed by atoms with E-state index in [1.54, 1.807) is 0 Å². The van der Waals surface area contributed by atoms with Gasteiger partial charge in [0.25, 0.3) is 0 Å². The Balaban J connectivity index is 4.63. The third-order valence-corrected chi connectivity index (χ3v) is 2.49. The van der Waals surface area contributed by atoms with Gasteiger partial charge in [-0.05, 0) is 12.3 Å². The SMILES string of the molecule is CCC(NC(=O)N(CC(=O)O)CC(=O)O)C(C)C. The lowest BCUT2D eigenvalue weighted by atomic mass is 10.0. The maximum atomic E-state index is 11.8. The number of nitrogens with one attached hydrogen (secondary N) is 1. The van der Waals surface area contributed by atoms with Crippen LogP contribution in [0.3, 0.4) is 0 Å². The van der Waals surface area contributed by atoms with Crippen LogP contribution in [0.4, 0.5) is 4.79 Å². The Kier molecular flexibility index (Phi) is 6.77. The van der Waals surface area contributed by atoms with E-state index in [4.69, 9.17) is 10.2 Å². The highest BCUT2D eigenvalue weighted by atomic mass is 16.4. The van der Waals surface area contributed by atoms with Gasteiger partial charge in [-0.2, -0.15) is 0 Å². The standard InChI is InChI=1S/C11H20N2O5/c1-4-8(7(2)3)12-11(18)13(5-9(14)15)6-10(16)17/h7-8H,4-6H2,1-3H3,(H,12,18)(H,14,15)(H,16,17). The van der Waals surface area contributed by atoms with Crippen LogP contribution in [0.15, 0.2) is 0 Å². The van der Waals surface area contributed by atoms with Crippen molar-refractivity contribution in [3.05, 3.63) is 0 Å². The Morgan fingerprint density at radius 2 is 1.56 bits per heavy atom. The largest absolute Gasteiger partial charge is 0.480 e. The van der Waals surface area contributed by atoms with Crippen molar-refractivity contribution in [1.29, 1.82) is 0 Å². The molecule has 3 N–H and O–H groups in total. The van der Waals surface area contributed by atoms with Gasteiger partial charge >= 0.3 is 18.0 Å². The summed E-state index contributed by atoms with van der Waals surface area (Å²) in [5.41, 5.74) is 0. The van der Waals surface area contributed by atoms with E-state index < -0.39 is 31.1 Å². The van der Waals surface area contributed by atoms with Crippen LogP contribution in [-0.4, -0.2) is 52.2 Å². The Morgan fingerprint density at radius 1 is 1.11 bits per heavy atom. The minimum atomic E-state index is -1.25. The number of hydrogen-bond donors (Lipinski definition) is 3. The molecule has 2 amide bonds. The van der Waals surface area contributed by atoms with Gasteiger partial charge in [-0.1, -0.05) is 20.8 Å². The molecule has 0 aromatic rings. The molecule has 1 unspecified atom stereocenters. The van der Waals surface area contributed by atoms with Crippen molar-refractivity contribution in [3.63, 3.8) is 0 Å². The summed E-state index contributed by atoms with van der Waals surface area (Å²) in [6.45, 7) is 4.48. The monoisotopic (exact) mass is 260 g/mol. The van der Waals surface area contributed by atoms with Crippen molar-refractivity contribution in [2.75, 3.05) is 13.1 Å². The molecule has 0 saturated carbocycles. The Hall–Kier alpha value is -1.79. The molecule has 0 radical (unpaired) electrons. The molecule has 7 heteroatoms. The molecule has 0 rings (SSSR count). The van der Waals surface area contributed by atoms with Gasteiger partial charge in [-0.25, -0.2) is 4.79 Å². The van der Waals surface area contributed by atoms with E-state index in [-0.39, 0.29) is 12.0 Å². The Labute approximate surface area is 106 Å². The molecular weight excluding hydrogens is 240 g/mol. The van der Waals surface area contributed by atoms with Crippen molar-refractivity contribution in [2.45, 2.75) is 33.2 Å². The van der Waals surface area contributed by atoms with Gasteiger partial charge in [0, 0.05) is 6.04 Å². The van der Waals surface area contributed by atoms with Gasteiger partial charge in [0.05, 0.1) is 0 Å². The van der Waals surface area contributed by atoms with E-state index in [1.807, 2.05) is 20.8 Å². The summed E-state index contributed by atoms with van der Waals surface area (Å²) in [6.07, 6.45) is 0.692. The average molecular weight is 260 g/mol. The van der Waals surface area contributed by atoms with E-state index in [2.05, 4.69) is 5.32 Å². The smallest absolute Gasteiger partial charge is 0.323 e. The van der Waals surface area contributed by atoms with Gasteiger partial charge in [0.1, 0.15) is 13.1 Å². The number of carbonyl (C=O) groups excluding carboxylic acids is 1. The number of nitrogens with zero attached hydrogens (tertiary/aromatic N) is 1. The predicted molar refractivity (Wildman–Crippen MR) is 64.3 cm³/mol. The highest BCUT2D eigenvalue weighted by Gasteiger charge is 2.22. The number of carbonyl (C=O) groups is 3. The summed E-state index contributed by atoms with van der Waals surface area (Å²) >= 11 is 0. The predicted octanol–water partition coefficient (Wildman–Crippen LogP) is 0.602. The molecule has 0 bridgehead atoms. The Bertz CT molecular complexity index is 301. The fourth-order valence-electron chi connectivity index (χ4n) is 1.52. The highest BCUT2D eigenvalue weighted by Crippen LogP contribution is 2.06. The molecule has 1 atom stereocenters. The van der Waals surface area contributed by atoms with Gasteiger partial charge in [-0.3, -0.25) is 9.59 Å². The maximum Gasteiger partial charge on any atom is 0.323 e. The van der Waals surface area contributed by atoms with E-state index >= 15 is 0 Å². The van der Waals surface area contributed by atoms with Crippen LogP contribution in [0.25, 0.3) is 0 Å². The van der Waals surface area contributed by atoms with Crippen LogP contribution in [0.2, 0.25) is 0 Å². The maximum absolute atomic E-state index is 11.8. The molecule has 18 heavy (non-hydrogen) atoms. The van der Waals surface area contributed by atoms with E-state index in [9.17, 15) is 14.4 Å². The lowest BCUT2D eigenvalue weighted by Crippen LogP contribution is -2.49. The molecule has 0 heterocycles. The van der Waals surface area contributed by atoms with Gasteiger partial charge in [0.15, 0.2) is 0 Å². The number of carboxylic acid groups (broad SMARTS) is 2. The molecule has 0 aromatic carbocycles. The van der Waals surface area contributed by atoms with Crippen molar-refractivity contribution in [2.24, 2.45) is 5.92 Å². The van der Waals surface area contributed by atoms with Crippen LogP contribution in [-0.2, 0) is 9.59 Å². The van der Waals surface area contributed by atoms with Gasteiger partial charge < -0.3 is 20.4 Å². The second-order valence-corrected chi connectivity index (χ2v) is 4.35. The molecule has 104 valence electrons. The fraction of sp³-hybridized carbons (Fsp3) is 0.727. The number of hydrogen-bond acceptors (Lipinski definition) is 3. The van der Waals surface area contributed by atoms with Crippen LogP contribution < -0.4 is 5.32 Å². The first-order valence-corrected chi connectivity index (χ1v) is 5.76. The lowest BCUT2D eigenvalue weighted by molar-refractivity contribution is -0.140. The number of urea groups is 1. The van der Waals surface area contributed by atoms with E-state index in [1.165, 1.54) is 0 Å². The third kappa shape index (κ3) is 6.07. The van der Waals surface area contributed by atoms with Crippen molar-refractivity contribution < 1.29 is 24.6 Å². The highest BCUT2D eigenvalue weighted by molar-refractivity contribution is 5.84. The number of carboxylic acids is 2. The number of amides is 2.